The molecule has 0 aromatic heterocycles. The Kier molecular flexibility index (Phi) is 7.73. The molecule has 41 heavy (non-hydrogen) atoms. The Morgan fingerprint density at radius 3 is 1.17 bits per heavy atom. The average molecular weight is 579 g/mol. The van der Waals surface area contributed by atoms with Gasteiger partial charge in [-0.2, -0.15) is 0 Å². The van der Waals surface area contributed by atoms with Crippen molar-refractivity contribution in [2.45, 2.75) is 9.79 Å². The lowest BCUT2D eigenvalue weighted by Crippen LogP contribution is -2.09. The van der Waals surface area contributed by atoms with Crippen LogP contribution in [0.2, 0.25) is 0 Å². The number of carboxylic acid groups (broad SMARTS) is 4. The lowest BCUT2D eigenvalue weighted by atomic mass is 10.1. The summed E-state index contributed by atoms with van der Waals surface area (Å²) in [5.74, 6) is -6.69. The number of ether oxygens (including phenoxy) is 2. The Balaban J connectivity index is 1.74. The molecule has 0 radical (unpaired) electrons. The second-order valence-electron chi connectivity index (χ2n) is 8.24. The van der Waals surface area contributed by atoms with Gasteiger partial charge in [-0.25, -0.2) is 27.6 Å². The molecule has 0 saturated carbocycles. The van der Waals surface area contributed by atoms with Gasteiger partial charge in [0.1, 0.15) is 32.8 Å². The fourth-order valence-electron chi connectivity index (χ4n) is 3.79. The number of rotatable bonds is 10. The van der Waals surface area contributed by atoms with Gasteiger partial charge in [0.25, 0.3) is 0 Å². The first-order valence-electron chi connectivity index (χ1n) is 11.4. The highest BCUT2D eigenvalue weighted by molar-refractivity contribution is 7.91. The summed E-state index contributed by atoms with van der Waals surface area (Å²) in [5, 5.41) is 37.2. The SMILES string of the molecule is O=C(O)c1ccc(Oc2ccccc2S(=O)(=O)c2ccccc2Oc2ccc(C(=O)O)c(C(=O)O)c2)cc1C(=O)O. The molecular formula is C28H18O12S. The summed E-state index contributed by atoms with van der Waals surface area (Å²) in [6.07, 6.45) is 0. The van der Waals surface area contributed by atoms with E-state index in [1.54, 1.807) is 0 Å². The predicted octanol–water partition coefficient (Wildman–Crippen LogP) is 4.90. The highest BCUT2D eigenvalue weighted by Gasteiger charge is 2.27. The number of benzene rings is 4. The Hall–Kier alpha value is -5.69. The first-order chi connectivity index (χ1) is 19.4. The monoisotopic (exact) mass is 578 g/mol. The molecule has 12 nitrogen and oxygen atoms in total. The highest BCUT2D eigenvalue weighted by atomic mass is 32.2. The van der Waals surface area contributed by atoms with Gasteiger partial charge in [0.2, 0.25) is 9.84 Å². The fourth-order valence-corrected chi connectivity index (χ4v) is 5.29. The quantitative estimate of drug-likeness (QED) is 0.199. The van der Waals surface area contributed by atoms with Gasteiger partial charge in [-0.15, -0.1) is 0 Å². The van der Waals surface area contributed by atoms with Crippen LogP contribution in [-0.2, 0) is 9.84 Å². The third-order valence-corrected chi connectivity index (χ3v) is 7.47. The molecule has 4 aromatic carbocycles. The summed E-state index contributed by atoms with van der Waals surface area (Å²) in [6.45, 7) is 0. The number of hydrogen-bond donors (Lipinski definition) is 4. The molecule has 0 atom stereocenters. The van der Waals surface area contributed by atoms with Crippen LogP contribution in [0.3, 0.4) is 0 Å². The van der Waals surface area contributed by atoms with Gasteiger partial charge in [-0.1, -0.05) is 24.3 Å². The van der Waals surface area contributed by atoms with E-state index in [2.05, 4.69) is 0 Å². The molecule has 0 bridgehead atoms. The second kappa shape index (κ2) is 11.2. The lowest BCUT2D eigenvalue weighted by molar-refractivity contribution is 0.0651. The van der Waals surface area contributed by atoms with Gasteiger partial charge in [0.15, 0.2) is 0 Å². The molecule has 4 rings (SSSR count). The largest absolute Gasteiger partial charge is 0.478 e. The summed E-state index contributed by atoms with van der Waals surface area (Å²) >= 11 is 0. The molecule has 0 fully saturated rings. The van der Waals surface area contributed by atoms with E-state index in [0.29, 0.717) is 0 Å². The van der Waals surface area contributed by atoms with Gasteiger partial charge < -0.3 is 29.9 Å². The van der Waals surface area contributed by atoms with E-state index in [1.165, 1.54) is 60.7 Å². The summed E-state index contributed by atoms with van der Waals surface area (Å²) in [4.78, 5) is 45.1. The Bertz CT molecular complexity index is 1700. The van der Waals surface area contributed by atoms with Crippen LogP contribution in [0.15, 0.2) is 94.7 Å². The zero-order valence-electron chi connectivity index (χ0n) is 20.5. The van der Waals surface area contributed by atoms with E-state index < -0.39 is 56.0 Å². The van der Waals surface area contributed by atoms with Crippen molar-refractivity contribution in [3.8, 4) is 23.0 Å². The maximum absolute atomic E-state index is 13.8. The zero-order valence-corrected chi connectivity index (χ0v) is 21.4. The molecule has 4 aromatic rings. The third kappa shape index (κ3) is 5.84. The van der Waals surface area contributed by atoms with Crippen molar-refractivity contribution >= 4 is 33.7 Å². The molecule has 0 aliphatic rings. The van der Waals surface area contributed by atoms with Gasteiger partial charge >= 0.3 is 23.9 Å². The van der Waals surface area contributed by atoms with Gasteiger partial charge in [-0.05, 0) is 60.7 Å². The number of sulfone groups is 1. The van der Waals surface area contributed by atoms with Crippen molar-refractivity contribution in [3.63, 3.8) is 0 Å². The van der Waals surface area contributed by atoms with E-state index in [9.17, 15) is 48.0 Å². The topological polar surface area (TPSA) is 202 Å². The lowest BCUT2D eigenvalue weighted by Gasteiger charge is -2.15. The van der Waals surface area contributed by atoms with Crippen molar-refractivity contribution in [2.24, 2.45) is 0 Å². The minimum atomic E-state index is -4.41. The molecule has 0 spiro atoms. The molecule has 0 unspecified atom stereocenters. The normalized spacial score (nSPS) is 10.9. The van der Waals surface area contributed by atoms with Crippen molar-refractivity contribution in [3.05, 3.63) is 107 Å². The van der Waals surface area contributed by atoms with Crippen LogP contribution in [-0.4, -0.2) is 52.7 Å². The van der Waals surface area contributed by atoms with Crippen LogP contribution in [0.5, 0.6) is 23.0 Å². The Labute approximate surface area is 231 Å². The standard InChI is InChI=1S/C28H18O12S/c29-25(30)17-11-9-15(13-19(17)27(33)34)39-21-5-1-3-7-23(21)41(37,38)24-8-4-2-6-22(24)40-16-10-12-18(26(31)32)20(14-16)28(35)36/h1-14H,(H,29,30)(H,31,32)(H,33,34)(H,35,36). The summed E-state index contributed by atoms with van der Waals surface area (Å²) < 4.78 is 38.9. The molecule has 0 heterocycles. The minimum Gasteiger partial charge on any atom is -0.478 e. The van der Waals surface area contributed by atoms with Gasteiger partial charge in [0.05, 0.1) is 22.3 Å². The second-order valence-corrected chi connectivity index (χ2v) is 10.1. The fraction of sp³-hybridized carbons (Fsp3) is 0. The molecule has 13 heteroatoms. The Morgan fingerprint density at radius 2 is 0.829 bits per heavy atom. The van der Waals surface area contributed by atoms with Crippen LogP contribution in [0.4, 0.5) is 0 Å². The number of carboxylic acids is 4. The number of hydrogen-bond acceptors (Lipinski definition) is 8. The molecule has 0 amide bonds. The summed E-state index contributed by atoms with van der Waals surface area (Å²) in [5.41, 5.74) is -2.11. The maximum atomic E-state index is 13.8. The predicted molar refractivity (Wildman–Crippen MR) is 139 cm³/mol. The van der Waals surface area contributed by atoms with Crippen molar-refractivity contribution < 1.29 is 57.5 Å². The first-order valence-corrected chi connectivity index (χ1v) is 12.9. The van der Waals surface area contributed by atoms with Gasteiger partial charge in [-0.3, -0.25) is 0 Å². The molecule has 208 valence electrons. The number of para-hydroxylation sites is 2. The molecule has 0 aliphatic heterocycles. The number of carbonyl (C=O) groups is 4. The van der Waals surface area contributed by atoms with Crippen molar-refractivity contribution in [1.29, 1.82) is 0 Å². The van der Waals surface area contributed by atoms with E-state index in [4.69, 9.17) is 9.47 Å². The summed E-state index contributed by atoms with van der Waals surface area (Å²) in [6, 6.07) is 17.2. The average Bonchev–Trinajstić information content (AvgIpc) is 2.93. The smallest absolute Gasteiger partial charge is 0.336 e. The van der Waals surface area contributed by atoms with Crippen LogP contribution in [0.25, 0.3) is 0 Å². The van der Waals surface area contributed by atoms with Crippen molar-refractivity contribution in [2.75, 3.05) is 0 Å². The maximum Gasteiger partial charge on any atom is 0.336 e. The summed E-state index contributed by atoms with van der Waals surface area (Å²) in [7, 11) is -4.41. The van der Waals surface area contributed by atoms with Crippen molar-refractivity contribution in [1.82, 2.24) is 0 Å². The van der Waals surface area contributed by atoms with Crippen LogP contribution >= 0.6 is 0 Å². The van der Waals surface area contributed by atoms with E-state index in [0.717, 1.165) is 24.3 Å². The molecule has 0 saturated heterocycles. The first kappa shape index (κ1) is 28.3. The Morgan fingerprint density at radius 1 is 0.488 bits per heavy atom. The minimum absolute atomic E-state index is 0.140. The molecule has 4 N–H and O–H groups in total. The van der Waals surface area contributed by atoms with Gasteiger partial charge in [0, 0.05) is 0 Å². The highest BCUT2D eigenvalue weighted by Crippen LogP contribution is 2.38. The van der Waals surface area contributed by atoms with E-state index >= 15 is 0 Å². The molecular weight excluding hydrogens is 560 g/mol. The van der Waals surface area contributed by atoms with Crippen LogP contribution < -0.4 is 9.47 Å². The number of aromatic carboxylic acids is 4. The zero-order chi connectivity index (χ0) is 29.9. The van der Waals surface area contributed by atoms with E-state index in [-0.39, 0.29) is 32.8 Å². The van der Waals surface area contributed by atoms with Crippen LogP contribution in [0, 0.1) is 0 Å². The van der Waals surface area contributed by atoms with E-state index in [1.807, 2.05) is 0 Å². The molecule has 0 aliphatic carbocycles. The van der Waals surface area contributed by atoms with Crippen LogP contribution in [0.1, 0.15) is 41.4 Å². The third-order valence-electron chi connectivity index (χ3n) is 5.64.